The number of alkyl halides is 3. The van der Waals surface area contributed by atoms with Crippen LogP contribution >= 0.6 is 0 Å². The van der Waals surface area contributed by atoms with Gasteiger partial charge >= 0.3 is 6.18 Å². The van der Waals surface area contributed by atoms with E-state index in [2.05, 4.69) is 11.8 Å². The van der Waals surface area contributed by atoms with Crippen molar-refractivity contribution in [2.24, 2.45) is 5.92 Å². The Bertz CT molecular complexity index is 1210. The lowest BCUT2D eigenvalue weighted by molar-refractivity contribution is -0.166. The van der Waals surface area contributed by atoms with Gasteiger partial charge < -0.3 is 19.7 Å². The topological polar surface area (TPSA) is 62.2 Å². The van der Waals surface area contributed by atoms with Crippen molar-refractivity contribution in [3.63, 3.8) is 0 Å². The van der Waals surface area contributed by atoms with Gasteiger partial charge in [0.2, 0.25) is 0 Å². The van der Waals surface area contributed by atoms with Gasteiger partial charge in [-0.2, -0.15) is 13.2 Å². The largest absolute Gasteiger partial charge is 0.508 e. The number of hydrogen-bond donors (Lipinski definition) is 2. The first-order valence-corrected chi connectivity index (χ1v) is 12.5. The zero-order valence-corrected chi connectivity index (χ0v) is 20.5. The Balaban J connectivity index is 1.44. The second kappa shape index (κ2) is 10.2. The highest BCUT2D eigenvalue weighted by Gasteiger charge is 2.53. The molecule has 5 nitrogen and oxygen atoms in total. The summed E-state index contributed by atoms with van der Waals surface area (Å²) in [6.45, 7) is 5.73. The molecule has 2 aliphatic rings. The third-order valence-electron chi connectivity index (χ3n) is 7.29. The van der Waals surface area contributed by atoms with E-state index in [1.807, 2.05) is 0 Å². The van der Waals surface area contributed by atoms with Gasteiger partial charge in [-0.05, 0) is 60.3 Å². The number of benzene rings is 3. The summed E-state index contributed by atoms with van der Waals surface area (Å²) in [5.41, 5.74) is 0.918. The fourth-order valence-corrected chi connectivity index (χ4v) is 5.46. The lowest BCUT2D eigenvalue weighted by Gasteiger charge is -2.41. The van der Waals surface area contributed by atoms with Crippen LogP contribution in [0.4, 0.5) is 13.2 Å². The number of halogens is 3. The van der Waals surface area contributed by atoms with Crippen LogP contribution in [0.25, 0.3) is 0 Å². The minimum atomic E-state index is -4.58. The molecule has 0 saturated carbocycles. The number of aromatic hydroxyl groups is 2. The average Bonchev–Trinajstić information content (AvgIpc) is 3.28. The number of likely N-dealkylation sites (tertiary alicyclic amines) is 1. The predicted octanol–water partition coefficient (Wildman–Crippen LogP) is 6.38. The number of phenolic OH excluding ortho intramolecular Hbond substituents is 2. The molecule has 0 amide bonds. The Morgan fingerprint density at radius 1 is 0.946 bits per heavy atom. The Kier molecular flexibility index (Phi) is 6.94. The molecule has 1 saturated heterocycles. The minimum absolute atomic E-state index is 0.00233. The molecule has 8 heteroatoms. The van der Waals surface area contributed by atoms with Crippen LogP contribution in [0.3, 0.4) is 0 Å². The first-order chi connectivity index (χ1) is 17.7. The van der Waals surface area contributed by atoms with E-state index in [0.29, 0.717) is 29.4 Å². The van der Waals surface area contributed by atoms with Crippen LogP contribution in [0, 0.1) is 5.92 Å². The fraction of sp³-hybridized carbons (Fsp3) is 0.379. The third kappa shape index (κ3) is 5.49. The van der Waals surface area contributed by atoms with E-state index >= 15 is 0 Å². The van der Waals surface area contributed by atoms with Crippen molar-refractivity contribution < 1.29 is 32.9 Å². The van der Waals surface area contributed by atoms with Gasteiger partial charge in [-0.25, -0.2) is 0 Å². The van der Waals surface area contributed by atoms with E-state index in [4.69, 9.17) is 9.47 Å². The van der Waals surface area contributed by atoms with Crippen LogP contribution < -0.4 is 9.47 Å². The molecule has 2 N–H and O–H groups in total. The van der Waals surface area contributed by atoms with Crippen LogP contribution in [0.5, 0.6) is 23.0 Å². The summed E-state index contributed by atoms with van der Waals surface area (Å²) < 4.78 is 55.8. The van der Waals surface area contributed by atoms with E-state index in [1.54, 1.807) is 24.3 Å². The second-order valence-corrected chi connectivity index (χ2v) is 10.0. The zero-order chi connectivity index (χ0) is 26.2. The molecule has 2 aliphatic heterocycles. The predicted molar refractivity (Wildman–Crippen MR) is 133 cm³/mol. The third-order valence-corrected chi connectivity index (χ3v) is 7.29. The van der Waals surface area contributed by atoms with Gasteiger partial charge in [0.25, 0.3) is 0 Å². The molecule has 0 aliphatic carbocycles. The molecule has 4 atom stereocenters. The molecule has 1 fully saturated rings. The summed E-state index contributed by atoms with van der Waals surface area (Å²) in [6, 6.07) is 16.4. The first kappa shape index (κ1) is 25.3. The highest BCUT2D eigenvalue weighted by Crippen LogP contribution is 2.57. The van der Waals surface area contributed by atoms with Gasteiger partial charge in [0.1, 0.15) is 35.7 Å². The average molecular weight is 514 g/mol. The van der Waals surface area contributed by atoms with Crippen LogP contribution in [-0.4, -0.2) is 47.5 Å². The molecule has 3 unspecified atom stereocenters. The molecule has 196 valence electrons. The molecule has 37 heavy (non-hydrogen) atoms. The molecule has 0 spiro atoms. The van der Waals surface area contributed by atoms with Crippen LogP contribution in [0.2, 0.25) is 0 Å². The Labute approximate surface area is 214 Å². The summed E-state index contributed by atoms with van der Waals surface area (Å²) in [7, 11) is 0. The minimum Gasteiger partial charge on any atom is -0.508 e. The second-order valence-electron chi connectivity index (χ2n) is 10.0. The van der Waals surface area contributed by atoms with Gasteiger partial charge in [0.05, 0.1) is 5.92 Å². The van der Waals surface area contributed by atoms with Crippen molar-refractivity contribution in [1.29, 1.82) is 0 Å². The fourth-order valence-electron chi connectivity index (χ4n) is 5.46. The zero-order valence-electron chi connectivity index (χ0n) is 20.5. The summed E-state index contributed by atoms with van der Waals surface area (Å²) in [6.07, 6.45) is -4.37. The summed E-state index contributed by atoms with van der Waals surface area (Å²) >= 11 is 0. The first-order valence-electron chi connectivity index (χ1n) is 12.5. The number of hydrogen-bond acceptors (Lipinski definition) is 5. The highest BCUT2D eigenvalue weighted by atomic mass is 19.4. The normalized spacial score (nSPS) is 23.9. The molecule has 3 aromatic carbocycles. The maximum absolute atomic E-state index is 14.6. The molecular formula is C29H30F3NO4. The molecule has 0 bridgehead atoms. The van der Waals surface area contributed by atoms with E-state index in [1.165, 1.54) is 48.9 Å². The van der Waals surface area contributed by atoms with Gasteiger partial charge in [0, 0.05) is 30.6 Å². The Hall–Kier alpha value is -3.39. The Morgan fingerprint density at radius 2 is 1.62 bits per heavy atom. The van der Waals surface area contributed by atoms with E-state index in [9.17, 15) is 23.4 Å². The van der Waals surface area contributed by atoms with E-state index in [0.717, 1.165) is 19.6 Å². The quantitative estimate of drug-likeness (QED) is 0.401. The number of phenols is 2. The number of fused-ring (bicyclic) bond motifs is 1. The maximum Gasteiger partial charge on any atom is 0.396 e. The van der Waals surface area contributed by atoms with Crippen molar-refractivity contribution in [1.82, 2.24) is 4.90 Å². The molecule has 5 rings (SSSR count). The van der Waals surface area contributed by atoms with Crippen LogP contribution in [-0.2, 0) is 0 Å². The van der Waals surface area contributed by atoms with Crippen molar-refractivity contribution in [2.75, 3.05) is 26.2 Å². The van der Waals surface area contributed by atoms with Crippen molar-refractivity contribution >= 4 is 0 Å². The molecule has 3 aromatic rings. The van der Waals surface area contributed by atoms with Crippen LogP contribution in [0.1, 0.15) is 48.0 Å². The van der Waals surface area contributed by atoms with Gasteiger partial charge in [-0.1, -0.05) is 37.3 Å². The van der Waals surface area contributed by atoms with Gasteiger partial charge in [0.15, 0.2) is 0 Å². The lowest BCUT2D eigenvalue weighted by atomic mass is 9.73. The molecule has 0 aromatic heterocycles. The molecular weight excluding hydrogens is 483 g/mol. The summed E-state index contributed by atoms with van der Waals surface area (Å²) in [5.74, 6) is -1.84. The standard InChI is InChI=1S/C29H30F3NO4/c1-18-12-13-33(17-18)14-15-36-23-9-4-20(5-10-23)28-26(19-2-6-21(34)7-3-19)27(29(30,31)32)24-11-8-22(35)16-25(24)37-28/h2-11,16,18,26-28,34-35H,12-15,17H2,1H3/t18-,26?,27?,28?/m1/s1. The SMILES string of the molecule is C[C@@H]1CCN(CCOc2ccc(C3Oc4cc(O)ccc4C(C(F)(F)F)C3c3ccc(O)cc3)cc2)C1. The number of rotatable bonds is 6. The lowest BCUT2D eigenvalue weighted by Crippen LogP contribution is -2.36. The van der Waals surface area contributed by atoms with Crippen molar-refractivity contribution in [3.05, 3.63) is 83.4 Å². The monoisotopic (exact) mass is 513 g/mol. The molecule has 2 heterocycles. The van der Waals surface area contributed by atoms with E-state index in [-0.39, 0.29) is 22.8 Å². The van der Waals surface area contributed by atoms with Gasteiger partial charge in [-0.3, -0.25) is 4.90 Å². The summed E-state index contributed by atoms with van der Waals surface area (Å²) in [5, 5.41) is 19.7. The van der Waals surface area contributed by atoms with Gasteiger partial charge in [-0.15, -0.1) is 0 Å². The summed E-state index contributed by atoms with van der Waals surface area (Å²) in [4.78, 5) is 2.36. The maximum atomic E-state index is 14.6. The molecule has 0 radical (unpaired) electrons. The highest BCUT2D eigenvalue weighted by molar-refractivity contribution is 5.49. The van der Waals surface area contributed by atoms with Crippen molar-refractivity contribution in [2.45, 2.75) is 37.5 Å². The smallest absolute Gasteiger partial charge is 0.396 e. The van der Waals surface area contributed by atoms with Crippen molar-refractivity contribution in [3.8, 4) is 23.0 Å². The number of nitrogens with zero attached hydrogens (tertiary/aromatic N) is 1. The van der Waals surface area contributed by atoms with Crippen LogP contribution in [0.15, 0.2) is 66.7 Å². The number of ether oxygens (including phenoxy) is 2. The Morgan fingerprint density at radius 3 is 2.27 bits per heavy atom. The van der Waals surface area contributed by atoms with E-state index < -0.39 is 24.1 Å².